The largest absolute Gasteiger partial charge is 0.309 e. The van der Waals surface area contributed by atoms with E-state index >= 15 is 0 Å². The molecule has 0 aliphatic carbocycles. The lowest BCUT2D eigenvalue weighted by atomic mass is 9.88. The normalized spacial score (nSPS) is 11.8. The van der Waals surface area contributed by atoms with Crippen LogP contribution in [0.5, 0.6) is 0 Å². The van der Waals surface area contributed by atoms with Crippen molar-refractivity contribution in [1.82, 2.24) is 4.57 Å². The van der Waals surface area contributed by atoms with Crippen LogP contribution in [0.2, 0.25) is 0 Å². The van der Waals surface area contributed by atoms with Gasteiger partial charge in [0.1, 0.15) is 0 Å². The third-order valence-electron chi connectivity index (χ3n) is 12.1. The molecule has 0 spiro atoms. The predicted octanol–water partition coefficient (Wildman–Crippen LogP) is 15.6. The number of rotatable bonds is 3. The number of hydrogen-bond acceptors (Lipinski definition) is 0. The van der Waals surface area contributed by atoms with Crippen LogP contribution in [0.25, 0.3) is 119 Å². The predicted molar refractivity (Wildman–Crippen MR) is 243 cm³/mol. The van der Waals surface area contributed by atoms with Crippen molar-refractivity contribution in [3.8, 4) is 27.9 Å². The zero-order valence-corrected chi connectivity index (χ0v) is 30.9. The molecular weight excluding hydrogens is 689 g/mol. The van der Waals surface area contributed by atoms with E-state index in [0.29, 0.717) is 5.69 Å². The molecule has 11 aromatic carbocycles. The van der Waals surface area contributed by atoms with Crippen LogP contribution >= 0.6 is 0 Å². The summed E-state index contributed by atoms with van der Waals surface area (Å²) in [7, 11) is 0. The summed E-state index contributed by atoms with van der Waals surface area (Å²) in [6.45, 7) is 7.36. The van der Waals surface area contributed by atoms with Crippen LogP contribution in [0.4, 0.5) is 5.69 Å². The molecule has 12 aromatic rings. The topological polar surface area (TPSA) is 9.29 Å². The fourth-order valence-electron chi connectivity index (χ4n) is 9.65. The van der Waals surface area contributed by atoms with E-state index in [1.807, 2.05) is 24.3 Å². The molecule has 0 saturated heterocycles. The number of aromatic nitrogens is 1. The molecule has 1 heterocycles. The molecule has 0 saturated carbocycles. The van der Waals surface area contributed by atoms with Crippen molar-refractivity contribution in [3.63, 3.8) is 0 Å². The Morgan fingerprint density at radius 3 is 1.70 bits per heavy atom. The molecule has 0 aliphatic rings. The monoisotopic (exact) mass is 720 g/mol. The molecule has 1 aromatic heterocycles. The summed E-state index contributed by atoms with van der Waals surface area (Å²) < 4.78 is 2.51. The number of hydrogen-bond donors (Lipinski definition) is 0. The maximum absolute atomic E-state index is 7.36. The van der Waals surface area contributed by atoms with Gasteiger partial charge in [0.15, 0.2) is 5.69 Å². The van der Waals surface area contributed by atoms with Gasteiger partial charge in [0, 0.05) is 27.2 Å². The highest BCUT2D eigenvalue weighted by Crippen LogP contribution is 2.49. The quantitative estimate of drug-likeness (QED) is 0.127. The summed E-state index contributed by atoms with van der Waals surface area (Å²) >= 11 is 0. The molecule has 2 heteroatoms. The van der Waals surface area contributed by atoms with E-state index < -0.39 is 0 Å². The summed E-state index contributed by atoms with van der Waals surface area (Å²) in [6, 6.07) is 70.6. The van der Waals surface area contributed by atoms with Crippen LogP contribution in [0.3, 0.4) is 0 Å². The van der Waals surface area contributed by atoms with E-state index in [2.05, 4.69) is 179 Å². The number of nitrogens with zero attached hydrogens (tertiary/aromatic N) is 2. The van der Waals surface area contributed by atoms with Gasteiger partial charge in [0.25, 0.3) is 0 Å². The average molecular weight is 721 g/mol. The third-order valence-corrected chi connectivity index (χ3v) is 12.1. The van der Waals surface area contributed by atoms with Crippen molar-refractivity contribution >= 4 is 92.1 Å². The number of fused-ring (bicyclic) bond motifs is 17. The maximum atomic E-state index is 7.36. The molecule has 0 aliphatic heterocycles. The van der Waals surface area contributed by atoms with Gasteiger partial charge >= 0.3 is 0 Å². The van der Waals surface area contributed by atoms with E-state index in [1.165, 1.54) is 97.6 Å². The smallest absolute Gasteiger partial charge is 0.187 e. The maximum Gasteiger partial charge on any atom is 0.187 e. The summed E-state index contributed by atoms with van der Waals surface area (Å²) in [5.41, 5.74) is 8.84. The Morgan fingerprint density at radius 2 is 0.912 bits per heavy atom. The fraction of sp³-hybridized carbons (Fsp3) is 0. The SMILES string of the molecule is [C-]#[N+]c1ccc(-c2cccc(-c3ccc4c(c3)c3ccccc3c3c4ccc4c3c3c5ccc6ccccc6c5c5ccccc5c3n4-c3ccccc3)c2)cc1. The van der Waals surface area contributed by atoms with Crippen molar-refractivity contribution in [1.29, 1.82) is 0 Å². The molecule has 0 radical (unpaired) electrons. The lowest BCUT2D eigenvalue weighted by molar-refractivity contribution is 1.19. The minimum atomic E-state index is 0.653. The van der Waals surface area contributed by atoms with Crippen molar-refractivity contribution < 1.29 is 0 Å². The summed E-state index contributed by atoms with van der Waals surface area (Å²) in [5, 5.41) is 17.8. The molecule has 2 nitrogen and oxygen atoms in total. The van der Waals surface area contributed by atoms with Crippen LogP contribution in [-0.4, -0.2) is 4.57 Å². The van der Waals surface area contributed by atoms with Crippen LogP contribution in [-0.2, 0) is 0 Å². The molecule has 0 atom stereocenters. The van der Waals surface area contributed by atoms with Gasteiger partial charge in [-0.1, -0.05) is 164 Å². The minimum absolute atomic E-state index is 0.653. The molecule has 0 unspecified atom stereocenters. The highest BCUT2D eigenvalue weighted by atomic mass is 15.0. The summed E-state index contributed by atoms with van der Waals surface area (Å²) in [4.78, 5) is 3.58. The van der Waals surface area contributed by atoms with E-state index in [1.54, 1.807) is 0 Å². The van der Waals surface area contributed by atoms with Gasteiger partial charge in [-0.3, -0.25) is 0 Å². The minimum Gasteiger partial charge on any atom is -0.309 e. The van der Waals surface area contributed by atoms with Crippen molar-refractivity contribution in [2.24, 2.45) is 0 Å². The second-order valence-corrected chi connectivity index (χ2v) is 15.1. The Labute approximate surface area is 328 Å². The first-order valence-corrected chi connectivity index (χ1v) is 19.5. The van der Waals surface area contributed by atoms with Crippen molar-refractivity contribution in [3.05, 3.63) is 206 Å². The molecule has 12 rings (SSSR count). The number of benzene rings is 11. The van der Waals surface area contributed by atoms with E-state index in [4.69, 9.17) is 6.57 Å². The molecule has 0 N–H and O–H groups in total. The Balaban J connectivity index is 1.22. The van der Waals surface area contributed by atoms with Gasteiger partial charge in [0.05, 0.1) is 17.6 Å². The molecule has 57 heavy (non-hydrogen) atoms. The first-order chi connectivity index (χ1) is 28.2. The van der Waals surface area contributed by atoms with Crippen LogP contribution in [0.15, 0.2) is 194 Å². The van der Waals surface area contributed by atoms with Gasteiger partial charge in [-0.05, 0) is 106 Å². The number of para-hydroxylation sites is 1. The summed E-state index contributed by atoms with van der Waals surface area (Å²) in [6.07, 6.45) is 0. The van der Waals surface area contributed by atoms with Gasteiger partial charge in [0.2, 0.25) is 0 Å². The lowest BCUT2D eigenvalue weighted by Crippen LogP contribution is -1.94. The Kier molecular flexibility index (Phi) is 6.73. The molecular formula is C55H32N2. The zero-order valence-electron chi connectivity index (χ0n) is 30.9. The highest BCUT2D eigenvalue weighted by molar-refractivity contribution is 6.42. The Hall–Kier alpha value is -7.73. The standard InChI is InChI=1S/C55H32N2/c1-56-39-26-22-34(23-27-39)36-13-11-14-37(32-36)38-25-28-43-46-30-31-50-54(52(46)44-19-8-7-18-42(44)49(43)33-38)53-48-29-24-35-12-5-6-17-41(35)51(48)45-20-9-10-21-47(45)55(53)57(50)40-15-3-2-4-16-40/h2-33H. The molecule has 0 amide bonds. The first-order valence-electron chi connectivity index (χ1n) is 19.5. The van der Waals surface area contributed by atoms with E-state index in [0.717, 1.165) is 16.8 Å². The Morgan fingerprint density at radius 1 is 0.333 bits per heavy atom. The third kappa shape index (κ3) is 4.58. The van der Waals surface area contributed by atoms with Gasteiger partial charge in [-0.25, -0.2) is 4.85 Å². The van der Waals surface area contributed by atoms with Crippen LogP contribution in [0, 0.1) is 6.57 Å². The van der Waals surface area contributed by atoms with E-state index in [9.17, 15) is 0 Å². The highest BCUT2D eigenvalue weighted by Gasteiger charge is 2.23. The Bertz CT molecular complexity index is 3660. The lowest BCUT2D eigenvalue weighted by Gasteiger charge is -2.14. The molecule has 262 valence electrons. The van der Waals surface area contributed by atoms with Gasteiger partial charge in [-0.2, -0.15) is 0 Å². The molecule has 0 fully saturated rings. The van der Waals surface area contributed by atoms with Gasteiger partial charge < -0.3 is 4.57 Å². The van der Waals surface area contributed by atoms with E-state index in [-0.39, 0.29) is 0 Å². The zero-order chi connectivity index (χ0) is 37.6. The first kappa shape index (κ1) is 31.6. The average Bonchev–Trinajstić information content (AvgIpc) is 3.65. The van der Waals surface area contributed by atoms with Gasteiger partial charge in [-0.15, -0.1) is 0 Å². The van der Waals surface area contributed by atoms with Crippen LogP contribution < -0.4 is 0 Å². The second-order valence-electron chi connectivity index (χ2n) is 15.1. The summed E-state index contributed by atoms with van der Waals surface area (Å²) in [5.74, 6) is 0. The van der Waals surface area contributed by atoms with Crippen molar-refractivity contribution in [2.75, 3.05) is 0 Å². The molecule has 0 bridgehead atoms. The van der Waals surface area contributed by atoms with Crippen LogP contribution in [0.1, 0.15) is 0 Å². The van der Waals surface area contributed by atoms with Crippen molar-refractivity contribution in [2.45, 2.75) is 0 Å². The fourth-order valence-corrected chi connectivity index (χ4v) is 9.65. The second kappa shape index (κ2) is 12.1.